The molecule has 2 atom stereocenters. The molecule has 0 bridgehead atoms. The monoisotopic (exact) mass is 400 g/mol. The fourth-order valence-corrected chi connectivity index (χ4v) is 5.08. The third kappa shape index (κ3) is 3.90. The smallest absolute Gasteiger partial charge is 0.223 e. The number of benzene rings is 2. The number of likely N-dealkylation sites (tertiary alicyclic amines) is 2. The molecule has 0 unspecified atom stereocenters. The van der Waals surface area contributed by atoms with Crippen molar-refractivity contribution in [2.75, 3.05) is 13.1 Å². The molecule has 2 aliphatic rings. The zero-order chi connectivity index (χ0) is 20.3. The van der Waals surface area contributed by atoms with Crippen LogP contribution in [-0.2, 0) is 17.9 Å². The molecule has 2 aliphatic heterocycles. The summed E-state index contributed by atoms with van der Waals surface area (Å²) in [5, 5.41) is 7.49. The third-order valence-corrected chi connectivity index (χ3v) is 6.60. The highest BCUT2D eigenvalue weighted by Crippen LogP contribution is 2.33. The van der Waals surface area contributed by atoms with Gasteiger partial charge in [0.2, 0.25) is 5.91 Å². The van der Waals surface area contributed by atoms with Crippen molar-refractivity contribution in [3.63, 3.8) is 0 Å². The van der Waals surface area contributed by atoms with Gasteiger partial charge in [-0.1, -0.05) is 60.7 Å². The molecule has 2 saturated heterocycles. The lowest BCUT2D eigenvalue weighted by atomic mass is 9.83. The maximum absolute atomic E-state index is 12.7. The van der Waals surface area contributed by atoms with E-state index in [-0.39, 0.29) is 0 Å². The van der Waals surface area contributed by atoms with E-state index in [1.54, 1.807) is 0 Å². The normalized spacial score (nSPS) is 22.1. The second-order valence-electron chi connectivity index (χ2n) is 8.53. The van der Waals surface area contributed by atoms with Gasteiger partial charge in [0.1, 0.15) is 0 Å². The summed E-state index contributed by atoms with van der Waals surface area (Å²) in [5.74, 6) is 0.863. The molecular formula is C25H28N4O. The molecule has 2 fully saturated rings. The summed E-state index contributed by atoms with van der Waals surface area (Å²) in [6, 6.07) is 21.1. The molecule has 5 rings (SSSR count). The summed E-state index contributed by atoms with van der Waals surface area (Å²) in [7, 11) is 0. The number of carbonyl (C=O) groups excluding carboxylic acids is 1. The summed E-state index contributed by atoms with van der Waals surface area (Å²) in [5.41, 5.74) is 4.76. The van der Waals surface area contributed by atoms with Crippen molar-refractivity contribution >= 4 is 5.91 Å². The highest BCUT2D eigenvalue weighted by atomic mass is 16.2. The minimum Gasteiger partial charge on any atom is -0.335 e. The second kappa shape index (κ2) is 8.44. The number of nitrogens with zero attached hydrogens (tertiary/aromatic N) is 3. The number of carbonyl (C=O) groups is 1. The Labute approximate surface area is 177 Å². The number of amides is 1. The summed E-state index contributed by atoms with van der Waals surface area (Å²) in [6.45, 7) is 3.69. The van der Waals surface area contributed by atoms with Crippen LogP contribution in [0, 0.1) is 5.92 Å². The number of hydrogen-bond acceptors (Lipinski definition) is 3. The summed E-state index contributed by atoms with van der Waals surface area (Å²) >= 11 is 0. The van der Waals surface area contributed by atoms with E-state index in [1.165, 1.54) is 16.7 Å². The number of aromatic amines is 1. The third-order valence-electron chi connectivity index (χ3n) is 6.60. The van der Waals surface area contributed by atoms with Crippen LogP contribution in [0.5, 0.6) is 0 Å². The minimum absolute atomic E-state index is 0.315. The Morgan fingerprint density at radius 2 is 1.73 bits per heavy atom. The fraction of sp³-hybridized carbons (Fsp3) is 0.360. The molecule has 154 valence electrons. The van der Waals surface area contributed by atoms with Crippen molar-refractivity contribution in [1.82, 2.24) is 20.0 Å². The maximum Gasteiger partial charge on any atom is 0.223 e. The number of H-pyrrole nitrogens is 1. The molecule has 30 heavy (non-hydrogen) atoms. The fourth-order valence-electron chi connectivity index (χ4n) is 5.08. The Kier molecular flexibility index (Phi) is 5.37. The average molecular weight is 401 g/mol. The molecule has 2 aromatic carbocycles. The zero-order valence-corrected chi connectivity index (χ0v) is 17.2. The Bertz CT molecular complexity index is 985. The molecule has 3 aromatic rings. The van der Waals surface area contributed by atoms with Gasteiger partial charge in [-0.05, 0) is 29.9 Å². The number of nitrogens with one attached hydrogen (secondary N) is 1. The van der Waals surface area contributed by atoms with Crippen molar-refractivity contribution in [2.24, 2.45) is 5.92 Å². The minimum atomic E-state index is 0.315. The van der Waals surface area contributed by atoms with Gasteiger partial charge in [0.25, 0.3) is 0 Å². The van der Waals surface area contributed by atoms with Crippen LogP contribution in [0.15, 0.2) is 66.9 Å². The lowest BCUT2D eigenvalue weighted by Gasteiger charge is -2.47. The van der Waals surface area contributed by atoms with E-state index in [2.05, 4.69) is 68.5 Å². The predicted octanol–water partition coefficient (Wildman–Crippen LogP) is 4.09. The van der Waals surface area contributed by atoms with Crippen LogP contribution in [-0.4, -0.2) is 45.0 Å². The van der Waals surface area contributed by atoms with Crippen LogP contribution < -0.4 is 0 Å². The molecule has 3 heterocycles. The van der Waals surface area contributed by atoms with E-state index in [0.717, 1.165) is 44.7 Å². The van der Waals surface area contributed by atoms with E-state index in [1.807, 2.05) is 18.3 Å². The van der Waals surface area contributed by atoms with Crippen LogP contribution in [0.1, 0.15) is 30.4 Å². The molecule has 0 aliphatic carbocycles. The molecule has 0 saturated carbocycles. The van der Waals surface area contributed by atoms with Crippen LogP contribution in [0.25, 0.3) is 11.3 Å². The Hall–Kier alpha value is -2.92. The van der Waals surface area contributed by atoms with Crippen LogP contribution in [0.2, 0.25) is 0 Å². The van der Waals surface area contributed by atoms with Gasteiger partial charge in [0.05, 0.1) is 11.9 Å². The highest BCUT2D eigenvalue weighted by molar-refractivity contribution is 5.77. The lowest BCUT2D eigenvalue weighted by Crippen LogP contribution is -2.55. The maximum atomic E-state index is 12.7. The van der Waals surface area contributed by atoms with Gasteiger partial charge >= 0.3 is 0 Å². The van der Waals surface area contributed by atoms with Crippen molar-refractivity contribution in [3.8, 4) is 11.3 Å². The van der Waals surface area contributed by atoms with E-state index >= 15 is 0 Å². The van der Waals surface area contributed by atoms with Gasteiger partial charge in [-0.3, -0.25) is 14.8 Å². The SMILES string of the molecule is O=C1CC[C@@H]2CN(Cc3cn[nH]c3-c3ccccc3)CC[C@@H]2N1Cc1ccccc1. The standard InChI is InChI=1S/C25H28N4O/c30-24-12-11-21-17-28(14-13-23(21)29(24)16-19-7-3-1-4-8-19)18-22-15-26-27-25(22)20-9-5-2-6-10-20/h1-10,15,21,23H,11-14,16-18H2,(H,26,27)/t21-,23+/m1/s1. The first kappa shape index (κ1) is 19.1. The molecule has 0 radical (unpaired) electrons. The second-order valence-corrected chi connectivity index (χ2v) is 8.53. The summed E-state index contributed by atoms with van der Waals surface area (Å²) < 4.78 is 0. The number of rotatable bonds is 5. The first-order valence-corrected chi connectivity index (χ1v) is 10.9. The van der Waals surface area contributed by atoms with Crippen molar-refractivity contribution in [3.05, 3.63) is 78.0 Å². The van der Waals surface area contributed by atoms with Gasteiger partial charge in [0, 0.05) is 44.2 Å². The molecule has 5 nitrogen and oxygen atoms in total. The van der Waals surface area contributed by atoms with Crippen molar-refractivity contribution < 1.29 is 4.79 Å². The van der Waals surface area contributed by atoms with Gasteiger partial charge in [-0.15, -0.1) is 0 Å². The zero-order valence-electron chi connectivity index (χ0n) is 17.2. The number of piperidine rings is 2. The Balaban J connectivity index is 1.27. The quantitative estimate of drug-likeness (QED) is 0.702. The lowest BCUT2D eigenvalue weighted by molar-refractivity contribution is -0.142. The van der Waals surface area contributed by atoms with Crippen molar-refractivity contribution in [1.29, 1.82) is 0 Å². The van der Waals surface area contributed by atoms with Gasteiger partial charge in [-0.2, -0.15) is 5.10 Å². The highest BCUT2D eigenvalue weighted by Gasteiger charge is 2.39. The van der Waals surface area contributed by atoms with E-state index < -0.39 is 0 Å². The first-order valence-electron chi connectivity index (χ1n) is 10.9. The van der Waals surface area contributed by atoms with Gasteiger partial charge in [0.15, 0.2) is 0 Å². The average Bonchev–Trinajstić information content (AvgIpc) is 3.25. The molecule has 1 amide bonds. The predicted molar refractivity (Wildman–Crippen MR) is 117 cm³/mol. The Morgan fingerprint density at radius 1 is 0.967 bits per heavy atom. The largest absolute Gasteiger partial charge is 0.335 e. The summed E-state index contributed by atoms with van der Waals surface area (Å²) in [6.07, 6.45) is 4.67. The van der Waals surface area contributed by atoms with E-state index in [0.29, 0.717) is 24.3 Å². The molecule has 1 N–H and O–H groups in total. The van der Waals surface area contributed by atoms with Gasteiger partial charge in [-0.25, -0.2) is 0 Å². The van der Waals surface area contributed by atoms with Crippen LogP contribution >= 0.6 is 0 Å². The van der Waals surface area contributed by atoms with E-state index in [9.17, 15) is 4.79 Å². The summed E-state index contributed by atoms with van der Waals surface area (Å²) in [4.78, 5) is 17.4. The van der Waals surface area contributed by atoms with Crippen molar-refractivity contribution in [2.45, 2.75) is 38.4 Å². The molecule has 1 aromatic heterocycles. The van der Waals surface area contributed by atoms with Crippen LogP contribution in [0.4, 0.5) is 0 Å². The van der Waals surface area contributed by atoms with E-state index in [4.69, 9.17) is 0 Å². The number of fused-ring (bicyclic) bond motifs is 1. The Morgan fingerprint density at radius 3 is 2.53 bits per heavy atom. The number of aromatic nitrogens is 2. The van der Waals surface area contributed by atoms with Crippen LogP contribution in [0.3, 0.4) is 0 Å². The van der Waals surface area contributed by atoms with Gasteiger partial charge < -0.3 is 4.90 Å². The first-order chi connectivity index (χ1) is 14.8. The number of hydrogen-bond donors (Lipinski definition) is 1. The topological polar surface area (TPSA) is 52.2 Å². The molecule has 5 heteroatoms. The molecule has 0 spiro atoms. The molecular weight excluding hydrogens is 372 g/mol.